The molecule has 6 heteroatoms. The Labute approximate surface area is 172 Å². The molecule has 0 unspecified atom stereocenters. The number of amides is 1. The molecule has 29 heavy (non-hydrogen) atoms. The second-order valence-corrected chi connectivity index (χ2v) is 6.85. The van der Waals surface area contributed by atoms with E-state index in [-0.39, 0.29) is 18.3 Å². The monoisotopic (exact) mass is 405 g/mol. The third-order valence-electron chi connectivity index (χ3n) is 4.59. The Morgan fingerprint density at radius 3 is 2.03 bits per heavy atom. The molecule has 0 spiro atoms. The topological polar surface area (TPSA) is 53.5 Å². The molecule has 1 amide bonds. The van der Waals surface area contributed by atoms with E-state index in [1.807, 2.05) is 48.5 Å². The molecule has 4 aromatic carbocycles. The second-order valence-electron chi connectivity index (χ2n) is 6.47. The lowest BCUT2D eigenvalue weighted by Crippen LogP contribution is -2.25. The summed E-state index contributed by atoms with van der Waals surface area (Å²) in [6.07, 6.45) is 1.64. The van der Waals surface area contributed by atoms with E-state index in [1.54, 1.807) is 18.3 Å². The van der Waals surface area contributed by atoms with Gasteiger partial charge in [-0.2, -0.15) is 5.10 Å². The number of hydrogen-bond donors (Lipinski definition) is 2. The number of benzene rings is 4. The number of carbonyl (C=O) groups is 1. The zero-order valence-corrected chi connectivity index (χ0v) is 16.1. The van der Waals surface area contributed by atoms with Crippen LogP contribution < -0.4 is 10.7 Å². The smallest absolute Gasteiger partial charge is 0.259 e. The van der Waals surface area contributed by atoms with Gasteiger partial charge in [-0.05, 0) is 35.0 Å². The molecular formula is C23H17ClFN3O. The predicted octanol–water partition coefficient (Wildman–Crippen LogP) is 5.35. The van der Waals surface area contributed by atoms with Crippen LogP contribution in [-0.4, -0.2) is 18.7 Å². The van der Waals surface area contributed by atoms with E-state index in [0.717, 1.165) is 27.1 Å². The van der Waals surface area contributed by atoms with E-state index in [4.69, 9.17) is 11.6 Å². The van der Waals surface area contributed by atoms with Crippen LogP contribution >= 0.6 is 11.6 Å². The Morgan fingerprint density at radius 2 is 1.45 bits per heavy atom. The molecule has 2 N–H and O–H groups in total. The van der Waals surface area contributed by atoms with Crippen molar-refractivity contribution in [3.05, 3.63) is 89.2 Å². The van der Waals surface area contributed by atoms with Gasteiger partial charge in [0.2, 0.25) is 0 Å². The van der Waals surface area contributed by atoms with Gasteiger partial charge in [0.15, 0.2) is 0 Å². The van der Waals surface area contributed by atoms with Crippen molar-refractivity contribution in [3.63, 3.8) is 0 Å². The second kappa shape index (κ2) is 8.29. The summed E-state index contributed by atoms with van der Waals surface area (Å²) in [5.41, 5.74) is 4.05. The van der Waals surface area contributed by atoms with Gasteiger partial charge < -0.3 is 5.32 Å². The fraction of sp³-hybridized carbons (Fsp3) is 0.0435. The standard InChI is InChI=1S/C23H17ClFN3O/c24-23-19-7-3-1-5-17(19)21(18-6-2-4-8-20(18)23)13-27-28-22(29)14-26-16-11-9-15(25)10-12-16/h1-13,26H,14H2,(H,28,29)/b27-13-. The molecule has 0 heterocycles. The highest BCUT2D eigenvalue weighted by atomic mass is 35.5. The Bertz CT molecular complexity index is 1170. The zero-order chi connectivity index (χ0) is 20.2. The van der Waals surface area contributed by atoms with Crippen LogP contribution in [0, 0.1) is 5.82 Å². The molecule has 0 aromatic heterocycles. The van der Waals surface area contributed by atoms with Gasteiger partial charge in [-0.25, -0.2) is 9.82 Å². The minimum absolute atomic E-state index is 0.0189. The number of nitrogens with zero attached hydrogens (tertiary/aromatic N) is 1. The van der Waals surface area contributed by atoms with Gasteiger partial charge in [0.25, 0.3) is 5.91 Å². The summed E-state index contributed by atoms with van der Waals surface area (Å²) in [6, 6.07) is 21.4. The zero-order valence-electron chi connectivity index (χ0n) is 15.3. The lowest BCUT2D eigenvalue weighted by atomic mass is 9.97. The normalized spacial score (nSPS) is 11.2. The van der Waals surface area contributed by atoms with Crippen LogP contribution in [0.1, 0.15) is 5.56 Å². The highest BCUT2D eigenvalue weighted by molar-refractivity contribution is 6.42. The molecule has 0 aliphatic carbocycles. The SMILES string of the molecule is O=C(CNc1ccc(F)cc1)N/N=C\c1c2ccccc2c(Cl)c2ccccc12. The third-order valence-corrected chi connectivity index (χ3v) is 4.99. The lowest BCUT2D eigenvalue weighted by molar-refractivity contribution is -0.119. The van der Waals surface area contributed by atoms with E-state index in [1.165, 1.54) is 12.1 Å². The molecule has 0 aliphatic rings. The van der Waals surface area contributed by atoms with E-state index >= 15 is 0 Å². The number of hydrazone groups is 1. The fourth-order valence-corrected chi connectivity index (χ4v) is 3.54. The summed E-state index contributed by atoms with van der Waals surface area (Å²) in [5, 5.41) is 11.5. The Hall–Kier alpha value is -3.44. The maximum atomic E-state index is 12.9. The highest BCUT2D eigenvalue weighted by Gasteiger charge is 2.10. The van der Waals surface area contributed by atoms with Gasteiger partial charge >= 0.3 is 0 Å². The molecule has 0 fully saturated rings. The summed E-state index contributed by atoms with van der Waals surface area (Å²) < 4.78 is 12.9. The maximum Gasteiger partial charge on any atom is 0.259 e. The molecule has 0 saturated carbocycles. The van der Waals surface area contributed by atoms with Crippen molar-refractivity contribution in [2.24, 2.45) is 5.10 Å². The first-order chi connectivity index (χ1) is 14.1. The number of halogens is 2. The Balaban J connectivity index is 1.55. The number of fused-ring (bicyclic) bond motifs is 2. The first-order valence-corrected chi connectivity index (χ1v) is 9.41. The summed E-state index contributed by atoms with van der Waals surface area (Å²) in [6.45, 7) is 0.0189. The van der Waals surface area contributed by atoms with Crippen molar-refractivity contribution in [1.82, 2.24) is 5.43 Å². The van der Waals surface area contributed by atoms with E-state index < -0.39 is 0 Å². The molecule has 0 bridgehead atoms. The van der Waals surface area contributed by atoms with E-state index in [2.05, 4.69) is 15.8 Å². The summed E-state index contributed by atoms with van der Waals surface area (Å²) in [4.78, 5) is 12.1. The van der Waals surface area contributed by atoms with Crippen molar-refractivity contribution in [1.29, 1.82) is 0 Å². The van der Waals surface area contributed by atoms with Gasteiger partial charge in [-0.1, -0.05) is 60.1 Å². The van der Waals surface area contributed by atoms with Crippen LogP contribution in [0.3, 0.4) is 0 Å². The van der Waals surface area contributed by atoms with Crippen LogP contribution in [0.2, 0.25) is 5.02 Å². The van der Waals surface area contributed by atoms with Gasteiger partial charge in [-0.3, -0.25) is 4.79 Å². The highest BCUT2D eigenvalue weighted by Crippen LogP contribution is 2.35. The molecule has 0 aliphatic heterocycles. The van der Waals surface area contributed by atoms with Crippen LogP contribution in [0.5, 0.6) is 0 Å². The van der Waals surface area contributed by atoms with Crippen molar-refractivity contribution >= 4 is 51.0 Å². The summed E-state index contributed by atoms with van der Waals surface area (Å²) >= 11 is 6.59. The number of nitrogens with one attached hydrogen (secondary N) is 2. The average Bonchev–Trinajstić information content (AvgIpc) is 2.76. The van der Waals surface area contributed by atoms with E-state index in [9.17, 15) is 9.18 Å². The molecular weight excluding hydrogens is 389 g/mol. The minimum Gasteiger partial charge on any atom is -0.376 e. The van der Waals surface area contributed by atoms with Gasteiger partial charge in [-0.15, -0.1) is 0 Å². The molecule has 4 aromatic rings. The first kappa shape index (κ1) is 18.9. The number of rotatable bonds is 5. The Kier molecular flexibility index (Phi) is 5.40. The number of hydrogen-bond acceptors (Lipinski definition) is 3. The number of carbonyl (C=O) groups excluding carboxylic acids is 1. The van der Waals surface area contributed by atoms with Crippen LogP contribution in [0.4, 0.5) is 10.1 Å². The molecule has 4 rings (SSSR count). The van der Waals surface area contributed by atoms with Gasteiger partial charge in [0.1, 0.15) is 5.82 Å². The number of anilines is 1. The Morgan fingerprint density at radius 1 is 0.897 bits per heavy atom. The van der Waals surface area contributed by atoms with Crippen molar-refractivity contribution < 1.29 is 9.18 Å². The van der Waals surface area contributed by atoms with Gasteiger partial charge in [0.05, 0.1) is 17.8 Å². The molecule has 4 nitrogen and oxygen atoms in total. The first-order valence-electron chi connectivity index (χ1n) is 9.04. The molecule has 0 atom stereocenters. The molecule has 144 valence electrons. The predicted molar refractivity (Wildman–Crippen MR) is 117 cm³/mol. The summed E-state index contributed by atoms with van der Waals surface area (Å²) in [5.74, 6) is -0.639. The fourth-order valence-electron chi connectivity index (χ4n) is 3.21. The van der Waals surface area contributed by atoms with Crippen LogP contribution in [0.25, 0.3) is 21.5 Å². The lowest BCUT2D eigenvalue weighted by Gasteiger charge is -2.10. The van der Waals surface area contributed by atoms with Crippen LogP contribution in [-0.2, 0) is 4.79 Å². The maximum absolute atomic E-state index is 12.9. The van der Waals surface area contributed by atoms with Crippen molar-refractivity contribution in [2.75, 3.05) is 11.9 Å². The summed E-state index contributed by atoms with van der Waals surface area (Å²) in [7, 11) is 0. The third kappa shape index (κ3) is 4.05. The minimum atomic E-state index is -0.327. The van der Waals surface area contributed by atoms with E-state index in [0.29, 0.717) is 10.7 Å². The van der Waals surface area contributed by atoms with Crippen molar-refractivity contribution in [2.45, 2.75) is 0 Å². The quantitative estimate of drug-likeness (QED) is 0.267. The largest absolute Gasteiger partial charge is 0.376 e. The molecule has 0 radical (unpaired) electrons. The van der Waals surface area contributed by atoms with Crippen LogP contribution in [0.15, 0.2) is 77.9 Å². The van der Waals surface area contributed by atoms with Crippen molar-refractivity contribution in [3.8, 4) is 0 Å². The molecule has 0 saturated heterocycles. The average molecular weight is 406 g/mol. The van der Waals surface area contributed by atoms with Gasteiger partial charge in [0, 0.05) is 22.0 Å².